The summed E-state index contributed by atoms with van der Waals surface area (Å²) in [6.45, 7) is 4.54. The van der Waals surface area contributed by atoms with E-state index >= 15 is 0 Å². The standard InChI is InChI=1S/C19H24N4O5/c1-12-14(11-20-19(21-12)23-5-7-28-8-6-23)18(24)22-13-9-15(25-2)17(27-4)16(10-13)26-3/h9-11H,5-8H2,1-4H3,(H,22,24). The zero-order chi connectivity index (χ0) is 20.1. The predicted octanol–water partition coefficient (Wildman–Crippen LogP) is 1.90. The lowest BCUT2D eigenvalue weighted by Gasteiger charge is -2.27. The smallest absolute Gasteiger partial charge is 0.259 e. The number of anilines is 2. The monoisotopic (exact) mass is 388 g/mol. The molecule has 0 atom stereocenters. The van der Waals surface area contributed by atoms with E-state index in [0.29, 0.717) is 53.4 Å². The van der Waals surface area contributed by atoms with Crippen molar-refractivity contribution in [3.63, 3.8) is 0 Å². The molecule has 1 aromatic heterocycles. The number of amides is 1. The number of aryl methyl sites for hydroxylation is 1. The summed E-state index contributed by atoms with van der Waals surface area (Å²) in [5.41, 5.74) is 1.50. The third-order valence-electron chi connectivity index (χ3n) is 4.43. The fraction of sp³-hybridized carbons (Fsp3) is 0.421. The lowest BCUT2D eigenvalue weighted by Crippen LogP contribution is -2.37. The van der Waals surface area contributed by atoms with Crippen LogP contribution in [0, 0.1) is 6.92 Å². The Morgan fingerprint density at radius 3 is 2.29 bits per heavy atom. The first-order valence-corrected chi connectivity index (χ1v) is 8.85. The topological polar surface area (TPSA) is 95.0 Å². The molecule has 1 amide bonds. The molecule has 1 saturated heterocycles. The molecule has 0 saturated carbocycles. The summed E-state index contributed by atoms with van der Waals surface area (Å²) >= 11 is 0. The maximum Gasteiger partial charge on any atom is 0.259 e. The Labute approximate surface area is 163 Å². The van der Waals surface area contributed by atoms with Crippen molar-refractivity contribution in [3.8, 4) is 17.2 Å². The van der Waals surface area contributed by atoms with Gasteiger partial charge in [0.2, 0.25) is 11.7 Å². The van der Waals surface area contributed by atoms with Gasteiger partial charge >= 0.3 is 0 Å². The number of ether oxygens (including phenoxy) is 4. The Morgan fingerprint density at radius 2 is 1.75 bits per heavy atom. The number of methoxy groups -OCH3 is 3. The normalized spacial score (nSPS) is 13.8. The van der Waals surface area contributed by atoms with Crippen molar-refractivity contribution in [2.75, 3.05) is 57.8 Å². The fourth-order valence-electron chi connectivity index (χ4n) is 2.95. The zero-order valence-electron chi connectivity index (χ0n) is 16.4. The van der Waals surface area contributed by atoms with E-state index < -0.39 is 0 Å². The molecule has 1 aliphatic heterocycles. The van der Waals surface area contributed by atoms with Crippen molar-refractivity contribution >= 4 is 17.5 Å². The summed E-state index contributed by atoms with van der Waals surface area (Å²) in [6, 6.07) is 3.33. The van der Waals surface area contributed by atoms with Gasteiger partial charge in [0, 0.05) is 37.1 Å². The minimum absolute atomic E-state index is 0.319. The SMILES string of the molecule is COc1cc(NC(=O)c2cnc(N3CCOCC3)nc2C)cc(OC)c1OC. The van der Waals surface area contributed by atoms with Gasteiger partial charge in [0.15, 0.2) is 11.5 Å². The first-order chi connectivity index (χ1) is 13.6. The summed E-state index contributed by atoms with van der Waals surface area (Å²) in [7, 11) is 4.56. The van der Waals surface area contributed by atoms with Gasteiger partial charge in [0.1, 0.15) is 0 Å². The van der Waals surface area contributed by atoms with Crippen LogP contribution in [-0.2, 0) is 4.74 Å². The van der Waals surface area contributed by atoms with Gasteiger partial charge in [-0.2, -0.15) is 0 Å². The molecule has 150 valence electrons. The molecule has 2 heterocycles. The molecule has 0 unspecified atom stereocenters. The van der Waals surface area contributed by atoms with E-state index in [1.807, 2.05) is 4.90 Å². The highest BCUT2D eigenvalue weighted by Crippen LogP contribution is 2.40. The van der Waals surface area contributed by atoms with Gasteiger partial charge in [-0.25, -0.2) is 9.97 Å². The number of hydrogen-bond acceptors (Lipinski definition) is 8. The van der Waals surface area contributed by atoms with Crippen LogP contribution >= 0.6 is 0 Å². The lowest BCUT2D eigenvalue weighted by molar-refractivity contribution is 0.102. The van der Waals surface area contributed by atoms with Crippen LogP contribution < -0.4 is 24.4 Å². The van der Waals surface area contributed by atoms with Gasteiger partial charge in [0.05, 0.1) is 45.8 Å². The van der Waals surface area contributed by atoms with Gasteiger partial charge in [0.25, 0.3) is 5.91 Å². The van der Waals surface area contributed by atoms with E-state index in [1.54, 1.807) is 25.3 Å². The van der Waals surface area contributed by atoms with Gasteiger partial charge < -0.3 is 29.2 Å². The van der Waals surface area contributed by atoms with Crippen LogP contribution in [0.4, 0.5) is 11.6 Å². The summed E-state index contributed by atoms with van der Waals surface area (Å²) in [5.74, 6) is 1.64. The number of nitrogens with zero attached hydrogens (tertiary/aromatic N) is 3. The molecule has 1 aromatic carbocycles. The number of carbonyl (C=O) groups excluding carboxylic acids is 1. The molecule has 0 bridgehead atoms. The highest BCUT2D eigenvalue weighted by Gasteiger charge is 2.19. The Bertz CT molecular complexity index is 827. The van der Waals surface area contributed by atoms with Crippen molar-refractivity contribution in [1.29, 1.82) is 0 Å². The Balaban J connectivity index is 1.81. The van der Waals surface area contributed by atoms with Crippen LogP contribution in [0.25, 0.3) is 0 Å². The van der Waals surface area contributed by atoms with Crippen LogP contribution in [0.3, 0.4) is 0 Å². The van der Waals surface area contributed by atoms with E-state index in [9.17, 15) is 4.79 Å². The van der Waals surface area contributed by atoms with Crippen molar-refractivity contribution in [3.05, 3.63) is 29.6 Å². The van der Waals surface area contributed by atoms with Crippen molar-refractivity contribution in [2.24, 2.45) is 0 Å². The summed E-state index contributed by atoms with van der Waals surface area (Å²) in [6.07, 6.45) is 1.54. The van der Waals surface area contributed by atoms with E-state index in [2.05, 4.69) is 15.3 Å². The molecule has 1 fully saturated rings. The quantitative estimate of drug-likeness (QED) is 0.802. The van der Waals surface area contributed by atoms with Gasteiger partial charge in [-0.3, -0.25) is 4.79 Å². The van der Waals surface area contributed by atoms with Crippen LogP contribution in [0.2, 0.25) is 0 Å². The molecule has 0 aliphatic carbocycles. The maximum atomic E-state index is 12.7. The van der Waals surface area contributed by atoms with Gasteiger partial charge in [-0.1, -0.05) is 0 Å². The largest absolute Gasteiger partial charge is 0.493 e. The van der Waals surface area contributed by atoms with Crippen molar-refractivity contribution in [2.45, 2.75) is 6.92 Å². The van der Waals surface area contributed by atoms with Crippen LogP contribution in [0.5, 0.6) is 17.2 Å². The van der Waals surface area contributed by atoms with Crippen molar-refractivity contribution in [1.82, 2.24) is 9.97 Å². The Morgan fingerprint density at radius 1 is 1.11 bits per heavy atom. The minimum Gasteiger partial charge on any atom is -0.493 e. The summed E-state index contributed by atoms with van der Waals surface area (Å²) in [5, 5.41) is 2.83. The van der Waals surface area contributed by atoms with Crippen molar-refractivity contribution < 1.29 is 23.7 Å². The van der Waals surface area contributed by atoms with E-state index in [0.717, 1.165) is 13.1 Å². The second kappa shape index (κ2) is 8.75. The number of rotatable bonds is 6. The first kappa shape index (κ1) is 19.7. The van der Waals surface area contributed by atoms with Gasteiger partial charge in [-0.05, 0) is 6.92 Å². The number of benzene rings is 1. The molecule has 2 aromatic rings. The molecule has 1 aliphatic rings. The van der Waals surface area contributed by atoms with E-state index in [1.165, 1.54) is 21.3 Å². The molecule has 3 rings (SSSR count). The molecule has 9 heteroatoms. The Kier molecular flexibility index (Phi) is 6.15. The molecule has 1 N–H and O–H groups in total. The molecule has 9 nitrogen and oxygen atoms in total. The average molecular weight is 388 g/mol. The molecular weight excluding hydrogens is 364 g/mol. The first-order valence-electron chi connectivity index (χ1n) is 8.85. The number of hydrogen-bond donors (Lipinski definition) is 1. The molecule has 28 heavy (non-hydrogen) atoms. The maximum absolute atomic E-state index is 12.7. The molecular formula is C19H24N4O5. The summed E-state index contributed by atoms with van der Waals surface area (Å²) in [4.78, 5) is 23.6. The number of aromatic nitrogens is 2. The number of carbonyl (C=O) groups is 1. The summed E-state index contributed by atoms with van der Waals surface area (Å²) < 4.78 is 21.3. The number of morpholine rings is 1. The van der Waals surface area contributed by atoms with E-state index in [4.69, 9.17) is 18.9 Å². The lowest BCUT2D eigenvalue weighted by atomic mass is 10.2. The third-order valence-corrected chi connectivity index (χ3v) is 4.43. The van der Waals surface area contributed by atoms with Crippen LogP contribution in [0.15, 0.2) is 18.3 Å². The third kappa shape index (κ3) is 4.09. The van der Waals surface area contributed by atoms with Gasteiger partial charge in [-0.15, -0.1) is 0 Å². The average Bonchev–Trinajstić information content (AvgIpc) is 2.73. The molecule has 0 radical (unpaired) electrons. The zero-order valence-corrected chi connectivity index (χ0v) is 16.4. The van der Waals surface area contributed by atoms with Crippen LogP contribution in [-0.4, -0.2) is 63.5 Å². The highest BCUT2D eigenvalue weighted by molar-refractivity contribution is 6.05. The second-order valence-corrected chi connectivity index (χ2v) is 6.14. The fourth-order valence-corrected chi connectivity index (χ4v) is 2.95. The Hall–Kier alpha value is -3.07. The highest BCUT2D eigenvalue weighted by atomic mass is 16.5. The predicted molar refractivity (Wildman–Crippen MR) is 104 cm³/mol. The second-order valence-electron chi connectivity index (χ2n) is 6.14. The number of nitrogens with one attached hydrogen (secondary N) is 1. The van der Waals surface area contributed by atoms with E-state index in [-0.39, 0.29) is 5.91 Å². The minimum atomic E-state index is -0.319. The van der Waals surface area contributed by atoms with Crippen LogP contribution in [0.1, 0.15) is 16.1 Å². The molecule has 0 spiro atoms.